The molecule has 1 nitrogen and oxygen atoms in total. The Kier molecular flexibility index (Phi) is 1.16. The zero-order chi connectivity index (χ0) is 6.97. The van der Waals surface area contributed by atoms with Gasteiger partial charge in [0.25, 0.3) is 0 Å². The highest BCUT2D eigenvalue weighted by Crippen LogP contribution is 2.25. The van der Waals surface area contributed by atoms with Crippen LogP contribution < -0.4 is 4.74 Å². The Balaban J connectivity index is 2.52. The van der Waals surface area contributed by atoms with Crippen molar-refractivity contribution in [2.75, 3.05) is 6.61 Å². The van der Waals surface area contributed by atoms with Crippen molar-refractivity contribution in [3.8, 4) is 5.75 Å². The topological polar surface area (TPSA) is 9.23 Å². The Bertz CT molecular complexity index is 253. The van der Waals surface area contributed by atoms with E-state index >= 15 is 0 Å². The monoisotopic (exact) mass is 132 g/mol. The lowest BCUT2D eigenvalue weighted by atomic mass is 10.1. The lowest BCUT2D eigenvalue weighted by Gasteiger charge is -1.97. The summed E-state index contributed by atoms with van der Waals surface area (Å²) in [6, 6.07) is 5.81. The number of hydrogen-bond donors (Lipinski definition) is 0. The van der Waals surface area contributed by atoms with E-state index in [2.05, 4.69) is 0 Å². The van der Waals surface area contributed by atoms with Crippen LogP contribution in [0.15, 0.2) is 18.2 Å². The summed E-state index contributed by atoms with van der Waals surface area (Å²) in [5, 5.41) is 0. The normalized spacial score (nSPS) is 14.5. The molecule has 10 heavy (non-hydrogen) atoms. The average molecular weight is 132 g/mol. The van der Waals surface area contributed by atoms with Gasteiger partial charge in [-0.05, 0) is 24.1 Å². The molecule has 1 aliphatic heterocycles. The van der Waals surface area contributed by atoms with Crippen molar-refractivity contribution in [1.29, 1.82) is 0 Å². The quantitative estimate of drug-likeness (QED) is 0.522. The third-order valence-corrected chi connectivity index (χ3v) is 1.72. The molecule has 0 saturated carbocycles. The zero-order valence-electron chi connectivity index (χ0n) is 5.63. The van der Waals surface area contributed by atoms with Gasteiger partial charge in [0.1, 0.15) is 5.75 Å². The first-order valence-corrected chi connectivity index (χ1v) is 3.37. The minimum Gasteiger partial charge on any atom is -0.493 e. The van der Waals surface area contributed by atoms with Crippen LogP contribution >= 0.6 is 0 Å². The molecule has 0 aromatic heterocycles. The van der Waals surface area contributed by atoms with Gasteiger partial charge in [0.2, 0.25) is 0 Å². The van der Waals surface area contributed by atoms with Crippen LogP contribution in [0.1, 0.15) is 11.1 Å². The van der Waals surface area contributed by atoms with Gasteiger partial charge >= 0.3 is 0 Å². The van der Waals surface area contributed by atoms with Crippen molar-refractivity contribution >= 4 is 0 Å². The summed E-state index contributed by atoms with van der Waals surface area (Å²) in [5.41, 5.74) is 2.05. The molecule has 0 N–H and O–H groups in total. The predicted octanol–water partition coefficient (Wildman–Crippen LogP) is 1.68. The molecular weight excluding hydrogens is 124 g/mol. The second kappa shape index (κ2) is 2.01. The van der Waals surface area contributed by atoms with Crippen LogP contribution in [0.3, 0.4) is 0 Å². The van der Waals surface area contributed by atoms with E-state index in [4.69, 9.17) is 11.7 Å². The van der Waals surface area contributed by atoms with E-state index < -0.39 is 0 Å². The van der Waals surface area contributed by atoms with Crippen molar-refractivity contribution < 1.29 is 4.74 Å². The molecule has 2 rings (SSSR count). The molecule has 0 saturated heterocycles. The molecule has 0 amide bonds. The third kappa shape index (κ3) is 0.783. The smallest absolute Gasteiger partial charge is 0.122 e. The molecule has 0 unspecified atom stereocenters. The van der Waals surface area contributed by atoms with Gasteiger partial charge in [0, 0.05) is 6.42 Å². The number of rotatable bonds is 0. The van der Waals surface area contributed by atoms with Gasteiger partial charge in [-0.2, -0.15) is 0 Å². The Hall–Kier alpha value is -0.980. The average Bonchev–Trinajstić information content (AvgIpc) is 2.33. The molecule has 0 bridgehead atoms. The highest BCUT2D eigenvalue weighted by atomic mass is 16.5. The maximum absolute atomic E-state index is 5.55. The Morgan fingerprint density at radius 2 is 2.30 bits per heavy atom. The molecule has 1 aromatic rings. The van der Waals surface area contributed by atoms with Gasteiger partial charge in [0.15, 0.2) is 0 Å². The summed E-state index contributed by atoms with van der Waals surface area (Å²) in [7, 11) is 0. The highest BCUT2D eigenvalue weighted by molar-refractivity contribution is 5.40. The maximum Gasteiger partial charge on any atom is 0.122 e. The van der Waals surface area contributed by atoms with Gasteiger partial charge in [-0.3, -0.25) is 0 Å². The van der Waals surface area contributed by atoms with E-state index in [1.54, 1.807) is 0 Å². The summed E-state index contributed by atoms with van der Waals surface area (Å²) in [6.07, 6.45) is 1.02. The third-order valence-electron chi connectivity index (χ3n) is 1.72. The van der Waals surface area contributed by atoms with E-state index in [0.29, 0.717) is 0 Å². The number of benzene rings is 1. The Morgan fingerprint density at radius 1 is 1.40 bits per heavy atom. The van der Waals surface area contributed by atoms with Crippen LogP contribution in [0.25, 0.3) is 0 Å². The lowest BCUT2D eigenvalue weighted by Crippen LogP contribution is -1.86. The van der Waals surface area contributed by atoms with E-state index in [0.717, 1.165) is 24.3 Å². The van der Waals surface area contributed by atoms with E-state index in [1.165, 1.54) is 5.56 Å². The highest BCUT2D eigenvalue weighted by Gasteiger charge is 2.10. The van der Waals surface area contributed by atoms with Crippen LogP contribution in [0.5, 0.6) is 5.75 Å². The molecule has 1 heteroatoms. The molecule has 0 atom stereocenters. The second-order valence-corrected chi connectivity index (χ2v) is 2.47. The standard InChI is InChI=1S/C9H8O/c1-7-2-3-8-4-5-10-9(8)6-7/h1-3,6H,4-5H2. The van der Waals surface area contributed by atoms with Gasteiger partial charge in [-0.15, -0.1) is 0 Å². The minimum absolute atomic E-state index is 0.778. The first-order chi connectivity index (χ1) is 4.86. The van der Waals surface area contributed by atoms with Crippen LogP contribution in [-0.4, -0.2) is 6.61 Å². The fourth-order valence-electron chi connectivity index (χ4n) is 1.18. The number of hydrogen-bond acceptors (Lipinski definition) is 1. The Morgan fingerprint density at radius 3 is 3.20 bits per heavy atom. The first kappa shape index (κ1) is 5.78. The summed E-state index contributed by atoms with van der Waals surface area (Å²) < 4.78 is 5.30. The molecule has 0 spiro atoms. The molecule has 1 aliphatic rings. The van der Waals surface area contributed by atoms with Gasteiger partial charge in [-0.25, -0.2) is 0 Å². The summed E-state index contributed by atoms with van der Waals surface area (Å²) in [4.78, 5) is 0. The van der Waals surface area contributed by atoms with Crippen molar-refractivity contribution in [3.63, 3.8) is 0 Å². The van der Waals surface area contributed by atoms with E-state index in [9.17, 15) is 0 Å². The molecule has 0 fully saturated rings. The molecule has 50 valence electrons. The second-order valence-electron chi connectivity index (χ2n) is 2.47. The fourth-order valence-corrected chi connectivity index (χ4v) is 1.18. The van der Waals surface area contributed by atoms with Crippen LogP contribution in [0, 0.1) is 6.92 Å². The minimum atomic E-state index is 0.778. The van der Waals surface area contributed by atoms with Gasteiger partial charge < -0.3 is 4.74 Å². The molecule has 1 heterocycles. The number of fused-ring (bicyclic) bond motifs is 1. The van der Waals surface area contributed by atoms with Crippen molar-refractivity contribution in [1.82, 2.24) is 0 Å². The van der Waals surface area contributed by atoms with Crippen molar-refractivity contribution in [3.05, 3.63) is 36.2 Å². The fraction of sp³-hybridized carbons (Fsp3) is 0.222. The van der Waals surface area contributed by atoms with Crippen molar-refractivity contribution in [2.24, 2.45) is 0 Å². The molecule has 0 aliphatic carbocycles. The molecule has 2 radical (unpaired) electrons. The largest absolute Gasteiger partial charge is 0.493 e. The number of ether oxygens (including phenoxy) is 1. The molecular formula is C9H8O. The lowest BCUT2D eigenvalue weighted by molar-refractivity contribution is 0.356. The van der Waals surface area contributed by atoms with E-state index in [-0.39, 0.29) is 0 Å². The summed E-state index contributed by atoms with van der Waals surface area (Å²) in [5.74, 6) is 0.958. The van der Waals surface area contributed by atoms with Crippen molar-refractivity contribution in [2.45, 2.75) is 6.42 Å². The van der Waals surface area contributed by atoms with E-state index in [1.807, 2.05) is 18.2 Å². The van der Waals surface area contributed by atoms with Crippen LogP contribution in [0.2, 0.25) is 0 Å². The van der Waals surface area contributed by atoms with Gasteiger partial charge in [0.05, 0.1) is 6.61 Å². The van der Waals surface area contributed by atoms with Gasteiger partial charge in [-0.1, -0.05) is 12.1 Å². The maximum atomic E-state index is 5.55. The zero-order valence-corrected chi connectivity index (χ0v) is 5.63. The summed E-state index contributed by atoms with van der Waals surface area (Å²) >= 11 is 0. The van der Waals surface area contributed by atoms with Crippen LogP contribution in [-0.2, 0) is 6.42 Å². The van der Waals surface area contributed by atoms with Crippen LogP contribution in [0.4, 0.5) is 0 Å². The first-order valence-electron chi connectivity index (χ1n) is 3.37. The summed E-state index contributed by atoms with van der Waals surface area (Å²) in [6.45, 7) is 6.36. The predicted molar refractivity (Wildman–Crippen MR) is 39.0 cm³/mol. The SMILES string of the molecule is [CH]c1ccc2c(c1)OCC2. The Labute approximate surface area is 60.6 Å². The molecule has 1 aromatic carbocycles.